The van der Waals surface area contributed by atoms with Crippen molar-refractivity contribution in [3.05, 3.63) is 252 Å². The van der Waals surface area contributed by atoms with Gasteiger partial charge in [0.25, 0.3) is 0 Å². The zero-order valence-electron chi connectivity index (χ0n) is 33.3. The molecule has 0 aromatic heterocycles. The smallest absolute Gasteiger partial charge is 0.333 e. The fourth-order valence-electron chi connectivity index (χ4n) is 10.6. The van der Waals surface area contributed by atoms with Crippen LogP contribution in [0.5, 0.6) is 0 Å². The van der Waals surface area contributed by atoms with E-state index in [-0.39, 0.29) is 6.85 Å². The number of nitrogens with zero attached hydrogens (tertiary/aromatic N) is 3. The van der Waals surface area contributed by atoms with Gasteiger partial charge in [0, 0.05) is 45.4 Å². The van der Waals surface area contributed by atoms with Crippen molar-refractivity contribution in [3.8, 4) is 11.1 Å². The van der Waals surface area contributed by atoms with Crippen LogP contribution >= 0.6 is 0 Å². The molecule has 0 fully saturated rings. The van der Waals surface area contributed by atoms with E-state index in [1.54, 1.807) is 0 Å². The van der Waals surface area contributed by atoms with Crippen LogP contribution in [0.3, 0.4) is 0 Å². The maximum atomic E-state index is 2.62. The molecule has 0 unspecified atom stereocenters. The highest BCUT2D eigenvalue weighted by molar-refractivity contribution is 6.93. The van der Waals surface area contributed by atoms with Gasteiger partial charge in [0.1, 0.15) is 0 Å². The Labute approximate surface area is 352 Å². The SMILES string of the molecule is Cc1cc2c3c(c1)N1c4ccccc4C(c4ccccc4)(c4ccccc4)c4cccc(c41)B3N(c1ccccc1)c1cc(N(c3ccccc3)c3ccccc3)ccc1-2. The summed E-state index contributed by atoms with van der Waals surface area (Å²) in [5.41, 5.74) is 20.3. The van der Waals surface area contributed by atoms with Gasteiger partial charge in [-0.15, -0.1) is 0 Å². The van der Waals surface area contributed by atoms with Gasteiger partial charge in [-0.2, -0.15) is 0 Å². The Hall–Kier alpha value is -7.56. The average Bonchev–Trinajstić information content (AvgIpc) is 3.31. The quantitative estimate of drug-likeness (QED) is 0.156. The van der Waals surface area contributed by atoms with Crippen molar-refractivity contribution in [3.63, 3.8) is 0 Å². The van der Waals surface area contributed by atoms with Crippen LogP contribution in [-0.4, -0.2) is 6.85 Å². The van der Waals surface area contributed by atoms with Gasteiger partial charge in [-0.25, -0.2) is 0 Å². The Morgan fingerprint density at radius 3 is 1.65 bits per heavy atom. The molecule has 3 aliphatic rings. The van der Waals surface area contributed by atoms with Gasteiger partial charge < -0.3 is 14.6 Å². The molecule has 4 heteroatoms. The first-order chi connectivity index (χ1) is 29.7. The van der Waals surface area contributed by atoms with Crippen LogP contribution < -0.4 is 25.5 Å². The van der Waals surface area contributed by atoms with E-state index < -0.39 is 5.41 Å². The van der Waals surface area contributed by atoms with Gasteiger partial charge in [0.15, 0.2) is 0 Å². The minimum atomic E-state index is -0.561. The zero-order valence-corrected chi connectivity index (χ0v) is 33.3. The minimum Gasteiger partial charge on any atom is -0.376 e. The van der Waals surface area contributed by atoms with E-state index in [1.165, 1.54) is 72.6 Å². The first kappa shape index (κ1) is 34.5. The fraction of sp³-hybridized carbons (Fsp3) is 0.0357. The Balaban J connectivity index is 1.19. The van der Waals surface area contributed by atoms with Gasteiger partial charge >= 0.3 is 6.85 Å². The summed E-state index contributed by atoms with van der Waals surface area (Å²) >= 11 is 0. The highest BCUT2D eigenvalue weighted by atomic mass is 15.2. The Bertz CT molecular complexity index is 2980. The molecule has 0 saturated carbocycles. The number of aryl methyl sites for hydroxylation is 1. The minimum absolute atomic E-state index is 0.108. The number of hydrogen-bond donors (Lipinski definition) is 0. The molecule has 9 aromatic rings. The summed E-state index contributed by atoms with van der Waals surface area (Å²) in [6, 6.07) is 82.9. The topological polar surface area (TPSA) is 9.72 Å². The third-order valence-electron chi connectivity index (χ3n) is 12.9. The number of rotatable bonds is 6. The standard InChI is InChI=1S/C56H40BN3/c1-39-36-47-46-35-34-45(58(42-24-11-4-12-25-42)43-26-13-5-14-27-43)38-52(46)60(44-28-15-6-16-29-44)57-50-32-19-31-49-55(50)59(53(37-39)54(47)57)51-33-18-17-30-48(51)56(49,40-20-7-2-8-21-40)41-22-9-3-10-23-41/h2-38H,1H3. The molecular weight excluding hydrogens is 725 g/mol. The van der Waals surface area contributed by atoms with Crippen molar-refractivity contribution in [2.24, 2.45) is 0 Å². The van der Waals surface area contributed by atoms with Gasteiger partial charge in [-0.05, 0) is 112 Å². The summed E-state index contributed by atoms with van der Waals surface area (Å²) in [6.07, 6.45) is 0. The second-order valence-corrected chi connectivity index (χ2v) is 16.1. The predicted molar refractivity (Wildman–Crippen MR) is 251 cm³/mol. The van der Waals surface area contributed by atoms with E-state index in [9.17, 15) is 0 Å². The molecule has 0 N–H and O–H groups in total. The molecule has 282 valence electrons. The van der Waals surface area contributed by atoms with Crippen LogP contribution in [0.2, 0.25) is 0 Å². The molecule has 0 bridgehead atoms. The summed E-state index contributed by atoms with van der Waals surface area (Å²) in [6.45, 7) is 2.15. The number of benzene rings is 9. The molecule has 0 atom stereocenters. The molecule has 9 aromatic carbocycles. The van der Waals surface area contributed by atoms with Crippen molar-refractivity contribution in [1.82, 2.24) is 0 Å². The molecule has 60 heavy (non-hydrogen) atoms. The Morgan fingerprint density at radius 1 is 0.433 bits per heavy atom. The van der Waals surface area contributed by atoms with Crippen molar-refractivity contribution in [1.29, 1.82) is 0 Å². The molecule has 3 aliphatic heterocycles. The molecule has 0 aliphatic carbocycles. The lowest BCUT2D eigenvalue weighted by Gasteiger charge is -2.52. The van der Waals surface area contributed by atoms with E-state index in [2.05, 4.69) is 246 Å². The molecule has 3 nitrogen and oxygen atoms in total. The van der Waals surface area contributed by atoms with Gasteiger partial charge in [-0.3, -0.25) is 0 Å². The van der Waals surface area contributed by atoms with Crippen LogP contribution in [0.25, 0.3) is 11.1 Å². The fourth-order valence-corrected chi connectivity index (χ4v) is 10.6. The van der Waals surface area contributed by atoms with Crippen LogP contribution in [0.1, 0.15) is 27.8 Å². The van der Waals surface area contributed by atoms with Crippen molar-refractivity contribution in [2.75, 3.05) is 14.6 Å². The normalized spacial score (nSPS) is 13.8. The largest absolute Gasteiger partial charge is 0.376 e. The molecule has 0 spiro atoms. The second kappa shape index (κ2) is 13.5. The average molecular weight is 766 g/mol. The maximum absolute atomic E-state index is 2.62. The van der Waals surface area contributed by atoms with Crippen molar-refractivity contribution < 1.29 is 0 Å². The molecule has 12 rings (SSSR count). The number of fused-ring (bicyclic) bond motifs is 6. The predicted octanol–water partition coefficient (Wildman–Crippen LogP) is 12.9. The van der Waals surface area contributed by atoms with Crippen LogP contribution in [0.4, 0.5) is 45.5 Å². The van der Waals surface area contributed by atoms with Crippen LogP contribution in [0.15, 0.2) is 224 Å². The molecule has 0 saturated heterocycles. The summed E-state index contributed by atoms with van der Waals surface area (Å²) in [5, 5.41) is 0. The third-order valence-corrected chi connectivity index (χ3v) is 12.9. The Kier molecular flexibility index (Phi) is 7.76. The summed E-state index contributed by atoms with van der Waals surface area (Å²) in [7, 11) is 0. The van der Waals surface area contributed by atoms with E-state index in [0.717, 1.165) is 22.7 Å². The number of para-hydroxylation sites is 5. The molecule has 0 amide bonds. The van der Waals surface area contributed by atoms with Crippen molar-refractivity contribution >= 4 is 63.3 Å². The van der Waals surface area contributed by atoms with Gasteiger partial charge in [0.2, 0.25) is 0 Å². The van der Waals surface area contributed by atoms with Crippen LogP contribution in [-0.2, 0) is 5.41 Å². The van der Waals surface area contributed by atoms with E-state index in [4.69, 9.17) is 0 Å². The second-order valence-electron chi connectivity index (χ2n) is 16.1. The summed E-state index contributed by atoms with van der Waals surface area (Å²) in [5.74, 6) is 0. The summed E-state index contributed by atoms with van der Waals surface area (Å²) < 4.78 is 0. The van der Waals surface area contributed by atoms with Gasteiger partial charge in [0.05, 0.1) is 11.1 Å². The molecular formula is C56H40BN3. The Morgan fingerprint density at radius 2 is 1.00 bits per heavy atom. The highest BCUT2D eigenvalue weighted by Gasteiger charge is 2.52. The zero-order chi connectivity index (χ0) is 39.8. The lowest BCUT2D eigenvalue weighted by molar-refractivity contribution is 0.732. The highest BCUT2D eigenvalue weighted by Crippen LogP contribution is 2.59. The number of anilines is 8. The lowest BCUT2D eigenvalue weighted by atomic mass is 9.42. The van der Waals surface area contributed by atoms with E-state index in [0.29, 0.717) is 0 Å². The van der Waals surface area contributed by atoms with Crippen molar-refractivity contribution in [2.45, 2.75) is 12.3 Å². The number of hydrogen-bond acceptors (Lipinski definition) is 3. The molecule has 3 heterocycles. The maximum Gasteiger partial charge on any atom is 0.333 e. The van der Waals surface area contributed by atoms with E-state index in [1.807, 2.05) is 0 Å². The molecule has 0 radical (unpaired) electrons. The third kappa shape index (κ3) is 4.91. The first-order valence-electron chi connectivity index (χ1n) is 20.9. The lowest BCUT2D eigenvalue weighted by Crippen LogP contribution is -2.62. The van der Waals surface area contributed by atoms with Crippen LogP contribution in [0, 0.1) is 6.92 Å². The van der Waals surface area contributed by atoms with Gasteiger partial charge in [-0.1, -0.05) is 164 Å². The monoisotopic (exact) mass is 765 g/mol. The first-order valence-corrected chi connectivity index (χ1v) is 20.9. The summed E-state index contributed by atoms with van der Waals surface area (Å²) in [4.78, 5) is 7.59. The van der Waals surface area contributed by atoms with E-state index >= 15 is 0 Å².